The Bertz CT molecular complexity index is 3410. The molecule has 0 atom stereocenters. The van der Waals surface area contributed by atoms with Crippen molar-refractivity contribution in [3.63, 3.8) is 0 Å². The highest BCUT2D eigenvalue weighted by Crippen LogP contribution is 2.41. The molecule has 12 rings (SSSR count). The van der Waals surface area contributed by atoms with E-state index in [1.54, 1.807) is 0 Å². The van der Waals surface area contributed by atoms with Crippen molar-refractivity contribution < 1.29 is 8.83 Å². The van der Waals surface area contributed by atoms with E-state index in [0.29, 0.717) is 17.5 Å². The van der Waals surface area contributed by atoms with Crippen molar-refractivity contribution in [1.29, 1.82) is 0 Å². The quantitative estimate of drug-likeness (QED) is 0.176. The first-order chi connectivity index (χ1) is 28.2. The van der Waals surface area contributed by atoms with Crippen LogP contribution in [-0.2, 0) is 0 Å². The molecule has 0 radical (unpaired) electrons. The fourth-order valence-corrected chi connectivity index (χ4v) is 8.42. The maximum Gasteiger partial charge on any atom is 0.167 e. The summed E-state index contributed by atoms with van der Waals surface area (Å²) in [6.45, 7) is 0. The number of furan rings is 2. The SMILES string of the molecule is c1ccc(-c2nc(-c3ccccc3)nc(-c3cccc4c3oc3ccc(-c5cccc6c5oc5ccc(-n7c8ccccc8c8ccccc87)cc56)cc34)n2)cc1. The minimum Gasteiger partial charge on any atom is -0.455 e. The molecule has 0 bridgehead atoms. The Hall–Kier alpha value is -7.83. The summed E-state index contributed by atoms with van der Waals surface area (Å²) < 4.78 is 15.7. The molecule has 0 spiro atoms. The third-order valence-electron chi connectivity index (χ3n) is 11.1. The highest BCUT2D eigenvalue weighted by atomic mass is 16.3. The van der Waals surface area contributed by atoms with E-state index < -0.39 is 0 Å². The van der Waals surface area contributed by atoms with E-state index >= 15 is 0 Å². The fraction of sp³-hybridized carbons (Fsp3) is 0. The number of para-hydroxylation sites is 4. The van der Waals surface area contributed by atoms with Gasteiger partial charge in [0.15, 0.2) is 17.5 Å². The summed E-state index contributed by atoms with van der Waals surface area (Å²) in [6, 6.07) is 62.7. The van der Waals surface area contributed by atoms with Crippen molar-refractivity contribution >= 4 is 65.7 Å². The van der Waals surface area contributed by atoms with Crippen LogP contribution in [0.15, 0.2) is 191 Å². The third-order valence-corrected chi connectivity index (χ3v) is 11.1. The Morgan fingerprint density at radius 2 is 0.825 bits per heavy atom. The molecule has 0 amide bonds. The van der Waals surface area contributed by atoms with Crippen LogP contribution in [0.1, 0.15) is 0 Å². The lowest BCUT2D eigenvalue weighted by Crippen LogP contribution is -2.00. The number of nitrogens with zero attached hydrogens (tertiary/aromatic N) is 4. The van der Waals surface area contributed by atoms with Gasteiger partial charge in [-0.3, -0.25) is 0 Å². The number of hydrogen-bond donors (Lipinski definition) is 0. The Morgan fingerprint density at radius 3 is 1.46 bits per heavy atom. The van der Waals surface area contributed by atoms with Crippen molar-refractivity contribution in [1.82, 2.24) is 19.5 Å². The van der Waals surface area contributed by atoms with Gasteiger partial charge in [-0.15, -0.1) is 0 Å². The fourth-order valence-electron chi connectivity index (χ4n) is 8.42. The molecular weight excluding hydrogens is 701 g/mol. The minimum atomic E-state index is 0.555. The molecule has 266 valence electrons. The molecule has 0 N–H and O–H groups in total. The zero-order valence-electron chi connectivity index (χ0n) is 30.4. The van der Waals surface area contributed by atoms with E-state index in [1.807, 2.05) is 72.8 Å². The number of rotatable bonds is 5. The van der Waals surface area contributed by atoms with Crippen LogP contribution < -0.4 is 0 Å². The van der Waals surface area contributed by atoms with Gasteiger partial charge in [0.1, 0.15) is 22.3 Å². The average Bonchev–Trinajstić information content (AvgIpc) is 3.96. The molecule has 0 saturated carbocycles. The Kier molecular flexibility index (Phi) is 6.83. The predicted octanol–water partition coefficient (Wildman–Crippen LogP) is 13.4. The topological polar surface area (TPSA) is 69.9 Å². The summed E-state index contributed by atoms with van der Waals surface area (Å²) in [6.07, 6.45) is 0. The van der Waals surface area contributed by atoms with Gasteiger partial charge >= 0.3 is 0 Å². The summed E-state index contributed by atoms with van der Waals surface area (Å²) in [4.78, 5) is 14.9. The molecular formula is C51H30N4O2. The highest BCUT2D eigenvalue weighted by molar-refractivity contribution is 6.14. The Morgan fingerprint density at radius 1 is 0.333 bits per heavy atom. The Balaban J connectivity index is 0.995. The molecule has 8 aromatic carbocycles. The predicted molar refractivity (Wildman–Crippen MR) is 230 cm³/mol. The summed E-state index contributed by atoms with van der Waals surface area (Å²) in [5.41, 5.74) is 11.4. The van der Waals surface area contributed by atoms with Crippen LogP contribution in [0.5, 0.6) is 0 Å². The van der Waals surface area contributed by atoms with Gasteiger partial charge in [0, 0.05) is 54.7 Å². The second-order valence-electron chi connectivity index (χ2n) is 14.4. The molecule has 0 aliphatic heterocycles. The van der Waals surface area contributed by atoms with Crippen LogP contribution in [0.4, 0.5) is 0 Å². The van der Waals surface area contributed by atoms with Crippen LogP contribution in [0.25, 0.3) is 117 Å². The lowest BCUT2D eigenvalue weighted by Gasteiger charge is -2.08. The normalized spacial score (nSPS) is 11.9. The van der Waals surface area contributed by atoms with Crippen LogP contribution in [-0.4, -0.2) is 19.5 Å². The van der Waals surface area contributed by atoms with Crippen molar-refractivity contribution in [2.45, 2.75) is 0 Å². The minimum absolute atomic E-state index is 0.555. The van der Waals surface area contributed by atoms with Gasteiger partial charge in [0.05, 0.1) is 16.6 Å². The summed E-state index contributed by atoms with van der Waals surface area (Å²) >= 11 is 0. The lowest BCUT2D eigenvalue weighted by molar-refractivity contribution is 0.668. The van der Waals surface area contributed by atoms with E-state index in [1.165, 1.54) is 21.8 Å². The maximum atomic E-state index is 6.68. The van der Waals surface area contributed by atoms with Crippen LogP contribution in [0.3, 0.4) is 0 Å². The van der Waals surface area contributed by atoms with Gasteiger partial charge in [-0.1, -0.05) is 133 Å². The van der Waals surface area contributed by atoms with Crippen LogP contribution in [0.2, 0.25) is 0 Å². The molecule has 0 fully saturated rings. The van der Waals surface area contributed by atoms with E-state index in [2.05, 4.69) is 114 Å². The van der Waals surface area contributed by atoms with Gasteiger partial charge in [0.2, 0.25) is 0 Å². The maximum absolute atomic E-state index is 6.68. The molecule has 0 unspecified atom stereocenters. The number of hydrogen-bond acceptors (Lipinski definition) is 5. The molecule has 0 aliphatic carbocycles. The molecule has 6 heteroatoms. The van der Waals surface area contributed by atoms with Gasteiger partial charge in [-0.2, -0.15) is 0 Å². The van der Waals surface area contributed by atoms with Gasteiger partial charge in [-0.05, 0) is 54.1 Å². The number of benzene rings is 8. The molecule has 0 aliphatic rings. The Labute approximate surface area is 325 Å². The average molecular weight is 731 g/mol. The first kappa shape index (κ1) is 31.5. The zero-order valence-corrected chi connectivity index (χ0v) is 30.4. The molecule has 6 nitrogen and oxygen atoms in total. The molecule has 12 aromatic rings. The second kappa shape index (κ2) is 12.3. The first-order valence-electron chi connectivity index (χ1n) is 19.0. The second-order valence-corrected chi connectivity index (χ2v) is 14.4. The molecule has 4 heterocycles. The van der Waals surface area contributed by atoms with Crippen molar-refractivity contribution in [2.24, 2.45) is 0 Å². The molecule has 57 heavy (non-hydrogen) atoms. The van der Waals surface area contributed by atoms with Gasteiger partial charge in [0.25, 0.3) is 0 Å². The summed E-state index contributed by atoms with van der Waals surface area (Å²) in [7, 11) is 0. The summed E-state index contributed by atoms with van der Waals surface area (Å²) in [5, 5.41) is 6.62. The van der Waals surface area contributed by atoms with E-state index in [-0.39, 0.29) is 0 Å². The van der Waals surface area contributed by atoms with Crippen molar-refractivity contribution in [3.05, 3.63) is 182 Å². The van der Waals surface area contributed by atoms with E-state index in [9.17, 15) is 0 Å². The smallest absolute Gasteiger partial charge is 0.167 e. The van der Waals surface area contributed by atoms with Crippen LogP contribution >= 0.6 is 0 Å². The van der Waals surface area contributed by atoms with E-state index in [4.69, 9.17) is 23.8 Å². The van der Waals surface area contributed by atoms with Gasteiger partial charge in [-0.25, -0.2) is 15.0 Å². The third kappa shape index (κ3) is 4.94. The van der Waals surface area contributed by atoms with E-state index in [0.717, 1.165) is 77.4 Å². The summed E-state index contributed by atoms with van der Waals surface area (Å²) in [5.74, 6) is 1.77. The zero-order chi connectivity index (χ0) is 37.5. The van der Waals surface area contributed by atoms with Crippen molar-refractivity contribution in [2.75, 3.05) is 0 Å². The first-order valence-corrected chi connectivity index (χ1v) is 19.0. The molecule has 4 aromatic heterocycles. The molecule has 0 saturated heterocycles. The lowest BCUT2D eigenvalue weighted by atomic mass is 10.00. The standard InChI is InChI=1S/C51H30N4O2/c1-3-13-31(14-4-1)49-52-50(32-15-5-2-6-16-32)54-51(53-49)40-22-12-21-38-41-29-33(25-27-45(41)57-48(38)40)35-19-11-20-39-42-30-34(26-28-46(42)56-47(35)39)55-43-23-9-7-17-36(43)37-18-8-10-24-44(37)55/h1-30H. The highest BCUT2D eigenvalue weighted by Gasteiger charge is 2.20. The number of fused-ring (bicyclic) bond motifs is 9. The number of aromatic nitrogens is 4. The largest absolute Gasteiger partial charge is 0.455 e. The monoisotopic (exact) mass is 730 g/mol. The van der Waals surface area contributed by atoms with Crippen LogP contribution in [0, 0.1) is 0 Å². The van der Waals surface area contributed by atoms with Gasteiger partial charge < -0.3 is 13.4 Å². The van der Waals surface area contributed by atoms with Crippen molar-refractivity contribution in [3.8, 4) is 51.0 Å².